The fraction of sp³-hybridized carbons (Fsp3) is 0.696. The number of ether oxygens (including phenoxy) is 3. The zero-order valence-corrected chi connectivity index (χ0v) is 26.0. The predicted octanol–water partition coefficient (Wildman–Crippen LogP) is 1.76. The number of carbonyl (C=O) groups is 2. The lowest BCUT2D eigenvalue weighted by atomic mass is 9.87. The Labute approximate surface area is 248 Å². The third kappa shape index (κ3) is 6.69. The van der Waals surface area contributed by atoms with Crippen molar-refractivity contribution in [3.63, 3.8) is 0 Å². The normalized spacial score (nSPS) is 30.9. The molecule has 2 aromatic heterocycles. The van der Waals surface area contributed by atoms with E-state index in [1.807, 2.05) is 0 Å². The molecule has 19 heteroatoms. The number of phosphoric ester groups is 1. The van der Waals surface area contributed by atoms with E-state index in [0.29, 0.717) is 0 Å². The van der Waals surface area contributed by atoms with Gasteiger partial charge < -0.3 is 30.4 Å². The first-order valence-corrected chi connectivity index (χ1v) is 15.1. The molecule has 4 rings (SSSR count). The van der Waals surface area contributed by atoms with E-state index in [1.54, 1.807) is 27.7 Å². The van der Waals surface area contributed by atoms with Gasteiger partial charge in [0.2, 0.25) is 22.3 Å². The number of hydrogen-bond donors (Lipinski definition) is 3. The first kappa shape index (κ1) is 32.4. The van der Waals surface area contributed by atoms with Gasteiger partial charge in [-0.05, 0) is 29.8 Å². The van der Waals surface area contributed by atoms with E-state index >= 15 is 4.39 Å². The van der Waals surface area contributed by atoms with Gasteiger partial charge in [0.05, 0.1) is 39.2 Å². The average Bonchev–Trinajstić information content (AvgIpc) is 3.41. The van der Waals surface area contributed by atoms with E-state index < -0.39 is 60.8 Å². The van der Waals surface area contributed by atoms with E-state index in [9.17, 15) is 19.3 Å². The lowest BCUT2D eigenvalue weighted by Gasteiger charge is -2.39. The van der Waals surface area contributed by atoms with Crippen LogP contribution in [0.2, 0.25) is 0 Å². The summed E-state index contributed by atoms with van der Waals surface area (Å²) in [5, 5.41) is 13.3. The molecule has 4 N–H and O–H groups in total. The Balaban J connectivity index is 1.43. The number of nitrogens with two attached hydrogens (primary N) is 1. The van der Waals surface area contributed by atoms with Crippen LogP contribution in [0, 0.1) is 5.41 Å². The van der Waals surface area contributed by atoms with Gasteiger partial charge in [-0.15, -0.1) is 0 Å². The highest BCUT2D eigenvalue weighted by Gasteiger charge is 2.58. The lowest BCUT2D eigenvalue weighted by molar-refractivity contribution is -0.147. The Morgan fingerprint density at radius 3 is 2.76 bits per heavy atom. The van der Waals surface area contributed by atoms with Gasteiger partial charge in [-0.25, -0.2) is 13.9 Å². The molecule has 2 saturated heterocycles. The van der Waals surface area contributed by atoms with Crippen LogP contribution in [0.4, 0.5) is 10.3 Å². The Kier molecular flexibility index (Phi) is 9.47. The van der Waals surface area contributed by atoms with Crippen molar-refractivity contribution in [3.05, 3.63) is 6.33 Å². The highest BCUT2D eigenvalue weighted by atomic mass is 79.9. The molecule has 0 bridgehead atoms. The summed E-state index contributed by atoms with van der Waals surface area (Å²) < 4.78 is 59.9. The number of nitrogens with zero attached hydrogens (tertiary/aromatic N) is 4. The predicted molar refractivity (Wildman–Crippen MR) is 146 cm³/mol. The fourth-order valence-corrected chi connectivity index (χ4v) is 6.57. The summed E-state index contributed by atoms with van der Waals surface area (Å²) in [5.74, 6) is -1.25. The Morgan fingerprint density at radius 2 is 2.10 bits per heavy atom. The quantitative estimate of drug-likeness (QED) is 0.185. The van der Waals surface area contributed by atoms with E-state index in [1.165, 1.54) is 18.0 Å². The van der Waals surface area contributed by atoms with Crippen molar-refractivity contribution in [2.24, 2.45) is 5.41 Å². The van der Waals surface area contributed by atoms with Crippen LogP contribution < -0.4 is 15.8 Å². The number of imidazole rings is 1. The number of halogens is 2. The number of nitrogen functional groups attached to an aromatic ring is 1. The van der Waals surface area contributed by atoms with Crippen molar-refractivity contribution in [1.29, 1.82) is 0 Å². The number of nitrogens with one attached hydrogen (secondary N) is 1. The molecule has 234 valence electrons. The van der Waals surface area contributed by atoms with Crippen molar-refractivity contribution in [3.8, 4) is 5.88 Å². The maximum atomic E-state index is 15.8. The molecule has 2 aliphatic heterocycles. The van der Waals surface area contributed by atoms with E-state index in [-0.39, 0.29) is 48.7 Å². The number of esters is 1. The zero-order chi connectivity index (χ0) is 31.0. The molecular weight excluding hydrogens is 650 g/mol. The number of aliphatic hydroxyl groups is 1. The SMILES string of the molecule is COc1nc(N)nc2c1ncn2[C@@H]1O[C@H](COP2(=O)OCC(C)(C)[C@H](C(=O)NCCC(=O)OC(C)C)O2)C(O)[C@]1(F)Br. The summed E-state index contributed by atoms with van der Waals surface area (Å²) in [6.45, 7) is 5.85. The van der Waals surface area contributed by atoms with E-state index in [2.05, 4.69) is 36.2 Å². The number of anilines is 1. The van der Waals surface area contributed by atoms with Gasteiger partial charge in [0, 0.05) is 12.0 Å². The minimum atomic E-state index is -4.38. The number of fused-ring (bicyclic) bond motifs is 1. The smallest absolute Gasteiger partial charge is 0.475 e. The molecule has 0 spiro atoms. The largest absolute Gasteiger partial charge is 0.479 e. The highest BCUT2D eigenvalue weighted by Crippen LogP contribution is 2.58. The van der Waals surface area contributed by atoms with Crippen LogP contribution in [0.1, 0.15) is 40.3 Å². The van der Waals surface area contributed by atoms with E-state index in [0.717, 1.165) is 0 Å². The van der Waals surface area contributed by atoms with Crippen LogP contribution in [0.25, 0.3) is 11.2 Å². The molecule has 2 unspecified atom stereocenters. The number of aromatic nitrogens is 4. The number of hydrogen-bond acceptors (Lipinski definition) is 14. The van der Waals surface area contributed by atoms with Gasteiger partial charge in [-0.2, -0.15) is 9.97 Å². The molecular formula is C23H33BrFN6O10P. The Morgan fingerprint density at radius 1 is 1.38 bits per heavy atom. The average molecular weight is 683 g/mol. The maximum Gasteiger partial charge on any atom is 0.475 e. The van der Waals surface area contributed by atoms with Crippen molar-refractivity contribution in [2.45, 2.75) is 69.3 Å². The zero-order valence-electron chi connectivity index (χ0n) is 23.5. The molecule has 2 aromatic rings. The Hall–Kier alpha value is -2.47. The second-order valence-corrected chi connectivity index (χ2v) is 13.5. The van der Waals surface area contributed by atoms with Crippen molar-refractivity contribution < 1.29 is 51.4 Å². The third-order valence-electron chi connectivity index (χ3n) is 6.40. The molecule has 0 saturated carbocycles. The summed E-state index contributed by atoms with van der Waals surface area (Å²) in [4.78, 5) is 36.8. The maximum absolute atomic E-state index is 15.8. The fourth-order valence-electron chi connectivity index (χ4n) is 4.29. The molecule has 16 nitrogen and oxygen atoms in total. The number of alkyl halides is 2. The summed E-state index contributed by atoms with van der Waals surface area (Å²) in [5.41, 5.74) is 5.05. The minimum Gasteiger partial charge on any atom is -0.479 e. The molecule has 0 radical (unpaired) electrons. The van der Waals surface area contributed by atoms with Crippen LogP contribution in [0.15, 0.2) is 6.33 Å². The summed E-state index contributed by atoms with van der Waals surface area (Å²) in [7, 11) is -3.03. The topological polar surface area (TPSA) is 208 Å². The highest BCUT2D eigenvalue weighted by molar-refractivity contribution is 9.10. The van der Waals surface area contributed by atoms with Crippen LogP contribution in [-0.4, -0.2) is 92.4 Å². The van der Waals surface area contributed by atoms with Crippen molar-refractivity contribution in [1.82, 2.24) is 24.8 Å². The van der Waals surface area contributed by atoms with Crippen LogP contribution in [0.3, 0.4) is 0 Å². The number of aliphatic hydroxyl groups excluding tert-OH is 1. The molecule has 1 amide bonds. The van der Waals surface area contributed by atoms with Crippen LogP contribution in [0.5, 0.6) is 5.88 Å². The standard InChI is InChI=1S/C23H33BrFN6O10P/c1-11(2)39-13(32)6-7-27-18(34)16-22(3,4)9-38-42(35,41-16)37-8-12-15(33)23(24,25)20(40-12)31-10-28-14-17(31)29-21(26)30-19(14)36-5/h10-12,15-16,20,33H,6-9H2,1-5H3,(H,27,34)(H2,26,29,30)/t12-,15?,16+,20-,23-,42?/m1/s1. The number of phosphoric acid groups is 1. The second-order valence-electron chi connectivity index (χ2n) is 10.6. The molecule has 2 aliphatic rings. The van der Waals surface area contributed by atoms with Gasteiger partial charge in [-0.3, -0.25) is 27.7 Å². The number of rotatable bonds is 10. The summed E-state index contributed by atoms with van der Waals surface area (Å²) in [6.07, 6.45) is -5.19. The lowest BCUT2D eigenvalue weighted by Crippen LogP contribution is -2.50. The number of amides is 1. The van der Waals surface area contributed by atoms with Gasteiger partial charge >= 0.3 is 13.8 Å². The molecule has 42 heavy (non-hydrogen) atoms. The Bertz CT molecular complexity index is 1380. The number of methoxy groups -OCH3 is 1. The molecule has 6 atom stereocenters. The third-order valence-corrected chi connectivity index (χ3v) is 8.64. The van der Waals surface area contributed by atoms with Gasteiger partial charge in [0.15, 0.2) is 23.5 Å². The van der Waals surface area contributed by atoms with Gasteiger partial charge in [0.1, 0.15) is 12.2 Å². The first-order chi connectivity index (χ1) is 19.6. The van der Waals surface area contributed by atoms with Crippen molar-refractivity contribution >= 4 is 52.7 Å². The minimum absolute atomic E-state index is 0.0367. The molecule has 2 fully saturated rings. The van der Waals surface area contributed by atoms with Gasteiger partial charge in [0.25, 0.3) is 0 Å². The summed E-state index contributed by atoms with van der Waals surface area (Å²) >= 11 is 2.88. The molecule has 0 aromatic carbocycles. The summed E-state index contributed by atoms with van der Waals surface area (Å²) in [6, 6.07) is 0. The molecule has 4 heterocycles. The van der Waals surface area contributed by atoms with Gasteiger partial charge in [-0.1, -0.05) is 13.8 Å². The molecule has 0 aliphatic carbocycles. The second kappa shape index (κ2) is 12.3. The van der Waals surface area contributed by atoms with Crippen molar-refractivity contribution in [2.75, 3.05) is 32.6 Å². The van der Waals surface area contributed by atoms with Crippen LogP contribution >= 0.6 is 23.8 Å². The van der Waals surface area contributed by atoms with Crippen LogP contribution in [-0.2, 0) is 37.2 Å². The number of carbonyl (C=O) groups excluding carboxylic acids is 2. The first-order valence-electron chi connectivity index (χ1n) is 12.9. The van der Waals surface area contributed by atoms with E-state index in [4.69, 9.17) is 33.5 Å². The monoisotopic (exact) mass is 682 g/mol.